The zero-order valence-electron chi connectivity index (χ0n) is 9.47. The Morgan fingerprint density at radius 1 is 1.56 bits per heavy atom. The first-order valence-corrected chi connectivity index (χ1v) is 7.33. The molecule has 1 aromatic heterocycles. The Morgan fingerprint density at radius 3 is 2.88 bits per heavy atom. The van der Waals surface area contributed by atoms with Crippen molar-refractivity contribution in [2.45, 2.75) is 30.7 Å². The Bertz CT molecular complexity index is 485. The maximum Gasteiger partial charge on any atom is 0.179 e. The van der Waals surface area contributed by atoms with Crippen LogP contribution in [0.3, 0.4) is 0 Å². The van der Waals surface area contributed by atoms with Gasteiger partial charge in [0.1, 0.15) is 10.7 Å². The number of nitrogens with zero attached hydrogens (tertiary/aromatic N) is 1. The SMILES string of the molecule is CCC1CC1Nc1ncccc1S(C)(=O)=O. The van der Waals surface area contributed by atoms with Gasteiger partial charge in [-0.1, -0.05) is 13.3 Å². The molecule has 4 nitrogen and oxygen atoms in total. The summed E-state index contributed by atoms with van der Waals surface area (Å²) in [5.41, 5.74) is 0. The number of nitrogens with one attached hydrogen (secondary N) is 1. The summed E-state index contributed by atoms with van der Waals surface area (Å²) in [6, 6.07) is 3.63. The molecule has 2 atom stereocenters. The van der Waals surface area contributed by atoms with Gasteiger partial charge in [-0.2, -0.15) is 0 Å². The van der Waals surface area contributed by atoms with Gasteiger partial charge >= 0.3 is 0 Å². The summed E-state index contributed by atoms with van der Waals surface area (Å²) in [6.45, 7) is 2.14. The van der Waals surface area contributed by atoms with Gasteiger partial charge in [0, 0.05) is 18.5 Å². The lowest BCUT2D eigenvalue weighted by Crippen LogP contribution is -2.10. The van der Waals surface area contributed by atoms with Gasteiger partial charge in [-0.05, 0) is 24.5 Å². The average molecular weight is 240 g/mol. The minimum absolute atomic E-state index is 0.289. The second kappa shape index (κ2) is 4.05. The van der Waals surface area contributed by atoms with E-state index < -0.39 is 9.84 Å². The smallest absolute Gasteiger partial charge is 0.179 e. The molecule has 0 amide bonds. The standard InChI is InChI=1S/C11H16N2O2S/c1-3-8-7-9(8)13-11-10(16(2,14)15)5-4-6-12-11/h4-6,8-9H,3,7H2,1-2H3,(H,12,13). The fraction of sp³-hybridized carbons (Fsp3) is 0.545. The second-order valence-electron chi connectivity index (χ2n) is 4.28. The zero-order valence-corrected chi connectivity index (χ0v) is 10.3. The number of sulfone groups is 1. The number of hydrogen-bond donors (Lipinski definition) is 1. The summed E-state index contributed by atoms with van der Waals surface area (Å²) >= 11 is 0. The van der Waals surface area contributed by atoms with Crippen molar-refractivity contribution in [1.29, 1.82) is 0 Å². The van der Waals surface area contributed by atoms with Crippen molar-refractivity contribution >= 4 is 15.7 Å². The van der Waals surface area contributed by atoms with E-state index in [4.69, 9.17) is 0 Å². The molecule has 1 aliphatic rings. The van der Waals surface area contributed by atoms with E-state index in [0.717, 1.165) is 12.8 Å². The molecule has 0 aliphatic heterocycles. The molecule has 0 radical (unpaired) electrons. The van der Waals surface area contributed by atoms with Crippen molar-refractivity contribution in [1.82, 2.24) is 4.98 Å². The molecule has 1 N–H and O–H groups in total. The lowest BCUT2D eigenvalue weighted by molar-refractivity contribution is 0.601. The summed E-state index contributed by atoms with van der Waals surface area (Å²) < 4.78 is 23.1. The van der Waals surface area contributed by atoms with Crippen molar-refractivity contribution in [3.8, 4) is 0 Å². The predicted molar refractivity (Wildman–Crippen MR) is 63.2 cm³/mol. The third-order valence-corrected chi connectivity index (χ3v) is 4.07. The van der Waals surface area contributed by atoms with E-state index in [2.05, 4.69) is 17.2 Å². The van der Waals surface area contributed by atoms with E-state index in [-0.39, 0.29) is 4.90 Å². The minimum Gasteiger partial charge on any atom is -0.366 e. The van der Waals surface area contributed by atoms with Crippen molar-refractivity contribution in [3.63, 3.8) is 0 Å². The molecule has 0 spiro atoms. The van der Waals surface area contributed by atoms with Crippen LogP contribution in [0.1, 0.15) is 19.8 Å². The molecule has 0 saturated heterocycles. The molecule has 1 aliphatic carbocycles. The van der Waals surface area contributed by atoms with Gasteiger partial charge in [-0.3, -0.25) is 0 Å². The van der Waals surface area contributed by atoms with Crippen molar-refractivity contribution < 1.29 is 8.42 Å². The topological polar surface area (TPSA) is 59.1 Å². The minimum atomic E-state index is -3.20. The molecular formula is C11H16N2O2S. The van der Waals surface area contributed by atoms with Gasteiger partial charge in [-0.25, -0.2) is 13.4 Å². The first-order valence-electron chi connectivity index (χ1n) is 5.44. The predicted octanol–water partition coefficient (Wildman–Crippen LogP) is 1.70. The molecule has 1 heterocycles. The second-order valence-corrected chi connectivity index (χ2v) is 6.26. The summed E-state index contributed by atoms with van der Waals surface area (Å²) in [5.74, 6) is 1.15. The first kappa shape index (κ1) is 11.4. The molecule has 2 rings (SSSR count). The van der Waals surface area contributed by atoms with E-state index in [9.17, 15) is 8.42 Å². The molecule has 1 aromatic rings. The highest BCUT2D eigenvalue weighted by Crippen LogP contribution is 2.36. The van der Waals surface area contributed by atoms with Crippen LogP contribution in [0, 0.1) is 5.92 Å². The quantitative estimate of drug-likeness (QED) is 0.870. The highest BCUT2D eigenvalue weighted by Gasteiger charge is 2.36. The van der Waals surface area contributed by atoms with E-state index >= 15 is 0 Å². The summed E-state index contributed by atoms with van der Waals surface area (Å²) in [6.07, 6.45) is 5.05. The Morgan fingerprint density at radius 2 is 2.31 bits per heavy atom. The number of anilines is 1. The monoisotopic (exact) mass is 240 g/mol. The Hall–Kier alpha value is -1.10. The normalized spacial score (nSPS) is 24.1. The number of aromatic nitrogens is 1. The highest BCUT2D eigenvalue weighted by molar-refractivity contribution is 7.90. The van der Waals surface area contributed by atoms with Crippen LogP contribution >= 0.6 is 0 Å². The van der Waals surface area contributed by atoms with Crippen LogP contribution in [-0.2, 0) is 9.84 Å². The average Bonchev–Trinajstić information content (AvgIpc) is 2.96. The lowest BCUT2D eigenvalue weighted by atomic mass is 10.3. The summed E-state index contributed by atoms with van der Waals surface area (Å²) in [4.78, 5) is 4.39. The van der Waals surface area contributed by atoms with Crippen molar-refractivity contribution in [2.75, 3.05) is 11.6 Å². The third-order valence-electron chi connectivity index (χ3n) is 2.94. The van der Waals surface area contributed by atoms with E-state index in [1.54, 1.807) is 18.3 Å². The Labute approximate surface area is 96.0 Å². The Kier molecular flexibility index (Phi) is 2.88. The summed E-state index contributed by atoms with van der Waals surface area (Å²) in [5, 5.41) is 3.20. The maximum atomic E-state index is 11.5. The van der Waals surface area contributed by atoms with Gasteiger partial charge < -0.3 is 5.32 Å². The fourth-order valence-electron chi connectivity index (χ4n) is 1.85. The maximum absolute atomic E-state index is 11.5. The van der Waals surface area contributed by atoms with Crippen LogP contribution in [0.25, 0.3) is 0 Å². The largest absolute Gasteiger partial charge is 0.366 e. The first-order chi connectivity index (χ1) is 7.52. The van der Waals surface area contributed by atoms with E-state index in [0.29, 0.717) is 17.8 Å². The van der Waals surface area contributed by atoms with Gasteiger partial charge in [0.2, 0.25) is 0 Å². The molecule has 1 saturated carbocycles. The zero-order chi connectivity index (χ0) is 11.8. The van der Waals surface area contributed by atoms with Gasteiger partial charge in [0.05, 0.1) is 0 Å². The number of rotatable bonds is 4. The third kappa shape index (κ3) is 2.35. The van der Waals surface area contributed by atoms with Crippen LogP contribution in [0.2, 0.25) is 0 Å². The molecule has 1 fully saturated rings. The van der Waals surface area contributed by atoms with Crippen LogP contribution < -0.4 is 5.32 Å². The lowest BCUT2D eigenvalue weighted by Gasteiger charge is -2.08. The molecule has 0 bridgehead atoms. The fourth-order valence-corrected chi connectivity index (χ4v) is 2.64. The van der Waals surface area contributed by atoms with Crippen LogP contribution in [0.15, 0.2) is 23.2 Å². The Balaban J connectivity index is 2.21. The molecular weight excluding hydrogens is 224 g/mol. The van der Waals surface area contributed by atoms with Crippen LogP contribution in [-0.4, -0.2) is 25.7 Å². The van der Waals surface area contributed by atoms with Crippen LogP contribution in [0.5, 0.6) is 0 Å². The van der Waals surface area contributed by atoms with Gasteiger partial charge in [-0.15, -0.1) is 0 Å². The van der Waals surface area contributed by atoms with Gasteiger partial charge in [0.15, 0.2) is 9.84 Å². The van der Waals surface area contributed by atoms with Crippen LogP contribution in [0.4, 0.5) is 5.82 Å². The molecule has 88 valence electrons. The van der Waals surface area contributed by atoms with Crippen molar-refractivity contribution in [2.24, 2.45) is 5.92 Å². The van der Waals surface area contributed by atoms with E-state index in [1.807, 2.05) is 0 Å². The molecule has 0 aromatic carbocycles. The van der Waals surface area contributed by atoms with E-state index in [1.165, 1.54) is 6.26 Å². The number of pyridine rings is 1. The highest BCUT2D eigenvalue weighted by atomic mass is 32.2. The molecule has 5 heteroatoms. The molecule has 2 unspecified atom stereocenters. The van der Waals surface area contributed by atoms with Gasteiger partial charge in [0.25, 0.3) is 0 Å². The number of hydrogen-bond acceptors (Lipinski definition) is 4. The molecule has 16 heavy (non-hydrogen) atoms. The summed E-state index contributed by atoms with van der Waals surface area (Å²) in [7, 11) is -3.20. The van der Waals surface area contributed by atoms with Crippen molar-refractivity contribution in [3.05, 3.63) is 18.3 Å².